The largest absolute Gasteiger partial charge is 0.495 e. The number of fused-ring (bicyclic) bond motifs is 3. The second-order valence-corrected chi connectivity index (χ2v) is 9.96. The average Bonchev–Trinajstić information content (AvgIpc) is 3.22. The van der Waals surface area contributed by atoms with Gasteiger partial charge >= 0.3 is 0 Å². The summed E-state index contributed by atoms with van der Waals surface area (Å²) in [6, 6.07) is 5.73. The predicted molar refractivity (Wildman–Crippen MR) is 135 cm³/mol. The maximum atomic E-state index is 12.8. The zero-order valence-electron chi connectivity index (χ0n) is 19.8. The van der Waals surface area contributed by atoms with Crippen LogP contribution in [0.15, 0.2) is 18.2 Å². The van der Waals surface area contributed by atoms with Gasteiger partial charge in [0.25, 0.3) is 0 Å². The van der Waals surface area contributed by atoms with E-state index in [0.717, 1.165) is 66.6 Å². The third-order valence-electron chi connectivity index (χ3n) is 6.38. The number of carbonyl (C=O) groups is 1. The highest BCUT2D eigenvalue weighted by Gasteiger charge is 2.22. The molecule has 2 N–H and O–H groups in total. The molecule has 0 radical (unpaired) electrons. The number of anilines is 2. The molecule has 9 heteroatoms. The molecular formula is C25H31N5O3S. The Morgan fingerprint density at radius 1 is 1.21 bits per heavy atom. The number of hydrogen-bond donors (Lipinski definition) is 2. The first-order valence-electron chi connectivity index (χ1n) is 11.9. The predicted octanol–water partition coefficient (Wildman–Crippen LogP) is 3.77. The number of hydrogen-bond acceptors (Lipinski definition) is 8. The van der Waals surface area contributed by atoms with Crippen LogP contribution in [0, 0.1) is 6.92 Å². The Morgan fingerprint density at radius 2 is 2.03 bits per heavy atom. The normalized spacial score (nSPS) is 16.3. The zero-order valence-corrected chi connectivity index (χ0v) is 20.6. The topological polar surface area (TPSA) is 88.6 Å². The molecule has 1 amide bonds. The molecule has 1 aromatic carbocycles. The summed E-state index contributed by atoms with van der Waals surface area (Å²) >= 11 is 1.78. The lowest BCUT2D eigenvalue weighted by molar-refractivity contribution is -0.114. The molecule has 1 aliphatic carbocycles. The minimum Gasteiger partial charge on any atom is -0.495 e. The van der Waals surface area contributed by atoms with Crippen molar-refractivity contribution in [3.8, 4) is 5.75 Å². The fourth-order valence-corrected chi connectivity index (χ4v) is 5.92. The van der Waals surface area contributed by atoms with E-state index in [4.69, 9.17) is 19.4 Å². The standard InChI is InChI=1S/C25H31N5O3S/c1-16-7-8-19(32-2)18(13-16)27-22(31)14-26-24-23-17-5-3-4-6-20(17)34-25(23)29-21(28-24)15-30-9-11-33-12-10-30/h7-8,13H,3-6,9-12,14-15H2,1-2H3,(H,27,31)(H,26,28,29). The van der Waals surface area contributed by atoms with Gasteiger partial charge in [-0.1, -0.05) is 6.07 Å². The number of ether oxygens (including phenoxy) is 2. The second kappa shape index (κ2) is 10.2. The molecule has 0 saturated carbocycles. The van der Waals surface area contributed by atoms with Gasteiger partial charge in [-0.2, -0.15) is 0 Å². The van der Waals surface area contributed by atoms with Crippen LogP contribution in [0.25, 0.3) is 10.2 Å². The summed E-state index contributed by atoms with van der Waals surface area (Å²) in [5, 5.41) is 7.39. The first-order chi connectivity index (χ1) is 16.6. The Bertz CT molecular complexity index is 1190. The summed E-state index contributed by atoms with van der Waals surface area (Å²) in [6.07, 6.45) is 4.55. The lowest BCUT2D eigenvalue weighted by Crippen LogP contribution is -2.36. The van der Waals surface area contributed by atoms with E-state index in [0.29, 0.717) is 18.0 Å². The monoisotopic (exact) mass is 481 g/mol. The Kier molecular flexibility index (Phi) is 6.94. The van der Waals surface area contributed by atoms with Gasteiger partial charge in [-0.25, -0.2) is 9.97 Å². The highest BCUT2D eigenvalue weighted by molar-refractivity contribution is 7.19. The number of nitrogens with zero attached hydrogens (tertiary/aromatic N) is 3. The van der Waals surface area contributed by atoms with Crippen molar-refractivity contribution in [2.24, 2.45) is 0 Å². The fourth-order valence-electron chi connectivity index (χ4n) is 4.64. The van der Waals surface area contributed by atoms with Gasteiger partial charge in [0.15, 0.2) is 0 Å². The van der Waals surface area contributed by atoms with E-state index in [9.17, 15) is 4.79 Å². The minimum absolute atomic E-state index is 0.116. The molecule has 3 aromatic rings. The number of aromatic nitrogens is 2. The molecule has 0 atom stereocenters. The van der Waals surface area contributed by atoms with Crippen LogP contribution < -0.4 is 15.4 Å². The van der Waals surface area contributed by atoms with Crippen molar-refractivity contribution in [3.05, 3.63) is 40.0 Å². The van der Waals surface area contributed by atoms with Gasteiger partial charge in [0.05, 0.1) is 44.5 Å². The van der Waals surface area contributed by atoms with Gasteiger partial charge < -0.3 is 20.1 Å². The van der Waals surface area contributed by atoms with Crippen molar-refractivity contribution in [1.29, 1.82) is 0 Å². The first kappa shape index (κ1) is 23.0. The van der Waals surface area contributed by atoms with E-state index in [1.54, 1.807) is 18.4 Å². The van der Waals surface area contributed by atoms with Gasteiger partial charge in [0, 0.05) is 18.0 Å². The van der Waals surface area contributed by atoms with E-state index in [1.165, 1.54) is 23.3 Å². The molecule has 0 unspecified atom stereocenters. The highest BCUT2D eigenvalue weighted by atomic mass is 32.1. The van der Waals surface area contributed by atoms with E-state index in [2.05, 4.69) is 15.5 Å². The van der Waals surface area contributed by atoms with Gasteiger partial charge in [0.1, 0.15) is 22.2 Å². The number of rotatable bonds is 7. The molecule has 3 heterocycles. The molecule has 5 rings (SSSR count). The Balaban J connectivity index is 1.39. The Morgan fingerprint density at radius 3 is 2.85 bits per heavy atom. The molecule has 1 saturated heterocycles. The van der Waals surface area contributed by atoms with Gasteiger partial charge in [-0.3, -0.25) is 9.69 Å². The van der Waals surface area contributed by atoms with Crippen molar-refractivity contribution in [2.45, 2.75) is 39.2 Å². The fraction of sp³-hybridized carbons (Fsp3) is 0.480. The number of nitrogens with one attached hydrogen (secondary N) is 2. The number of benzene rings is 1. The molecular weight excluding hydrogens is 450 g/mol. The SMILES string of the molecule is COc1ccc(C)cc1NC(=O)CNc1nc(CN2CCOCC2)nc2sc3c(c12)CCCC3. The van der Waals surface area contributed by atoms with Crippen LogP contribution in [0.5, 0.6) is 5.75 Å². The molecule has 0 spiro atoms. The Hall–Kier alpha value is -2.75. The molecule has 2 aliphatic rings. The van der Waals surface area contributed by atoms with Crippen LogP contribution in [0.1, 0.15) is 34.7 Å². The number of morpholine rings is 1. The molecule has 180 valence electrons. The second-order valence-electron chi connectivity index (χ2n) is 8.87. The summed E-state index contributed by atoms with van der Waals surface area (Å²) < 4.78 is 10.9. The van der Waals surface area contributed by atoms with Crippen LogP contribution in [-0.2, 0) is 28.9 Å². The van der Waals surface area contributed by atoms with Crippen LogP contribution in [0.4, 0.5) is 11.5 Å². The van der Waals surface area contributed by atoms with Crippen LogP contribution >= 0.6 is 11.3 Å². The number of amides is 1. The maximum Gasteiger partial charge on any atom is 0.243 e. The summed E-state index contributed by atoms with van der Waals surface area (Å²) in [4.78, 5) is 27.4. The number of thiophene rings is 1. The van der Waals surface area contributed by atoms with Crippen LogP contribution in [0.2, 0.25) is 0 Å². The molecule has 2 aromatic heterocycles. The van der Waals surface area contributed by atoms with Gasteiger partial charge in [-0.15, -0.1) is 11.3 Å². The van der Waals surface area contributed by atoms with E-state index in [1.807, 2.05) is 25.1 Å². The first-order valence-corrected chi connectivity index (χ1v) is 12.7. The highest BCUT2D eigenvalue weighted by Crippen LogP contribution is 2.38. The van der Waals surface area contributed by atoms with Gasteiger partial charge in [0.2, 0.25) is 5.91 Å². The van der Waals surface area contributed by atoms with Crippen molar-refractivity contribution >= 4 is 39.0 Å². The van der Waals surface area contributed by atoms with Crippen LogP contribution in [-0.4, -0.2) is 60.7 Å². The number of carbonyl (C=O) groups excluding carboxylic acids is 1. The molecule has 34 heavy (non-hydrogen) atoms. The summed E-state index contributed by atoms with van der Waals surface area (Å²) in [6.45, 7) is 6.03. The minimum atomic E-state index is -0.144. The van der Waals surface area contributed by atoms with Crippen LogP contribution in [0.3, 0.4) is 0 Å². The summed E-state index contributed by atoms with van der Waals surface area (Å²) in [5.74, 6) is 2.05. The quantitative estimate of drug-likeness (QED) is 0.531. The van der Waals surface area contributed by atoms with E-state index in [-0.39, 0.29) is 12.5 Å². The van der Waals surface area contributed by atoms with E-state index >= 15 is 0 Å². The average molecular weight is 482 g/mol. The molecule has 8 nitrogen and oxygen atoms in total. The summed E-state index contributed by atoms with van der Waals surface area (Å²) in [7, 11) is 1.60. The van der Waals surface area contributed by atoms with E-state index < -0.39 is 0 Å². The third-order valence-corrected chi connectivity index (χ3v) is 7.56. The molecule has 0 bridgehead atoms. The number of methoxy groups -OCH3 is 1. The maximum absolute atomic E-state index is 12.8. The molecule has 1 aliphatic heterocycles. The zero-order chi connectivity index (χ0) is 23.5. The lowest BCUT2D eigenvalue weighted by atomic mass is 9.97. The smallest absolute Gasteiger partial charge is 0.243 e. The number of aryl methyl sites for hydroxylation is 3. The van der Waals surface area contributed by atoms with Crippen molar-refractivity contribution < 1.29 is 14.3 Å². The lowest BCUT2D eigenvalue weighted by Gasteiger charge is -2.25. The van der Waals surface area contributed by atoms with Crippen molar-refractivity contribution in [2.75, 3.05) is 50.6 Å². The van der Waals surface area contributed by atoms with Gasteiger partial charge in [-0.05, 0) is 55.9 Å². The third kappa shape index (κ3) is 5.01. The summed E-state index contributed by atoms with van der Waals surface area (Å²) in [5.41, 5.74) is 3.08. The van der Waals surface area contributed by atoms with Crippen molar-refractivity contribution in [1.82, 2.24) is 14.9 Å². The Labute approximate surface area is 203 Å². The van der Waals surface area contributed by atoms with Crippen molar-refractivity contribution in [3.63, 3.8) is 0 Å². The molecule has 1 fully saturated rings.